The zero-order valence-electron chi connectivity index (χ0n) is 22.3. The van der Waals surface area contributed by atoms with Crippen molar-refractivity contribution in [3.8, 4) is 0 Å². The molecule has 4 aromatic heterocycles. The summed E-state index contributed by atoms with van der Waals surface area (Å²) in [5.74, 6) is -1.34. The molecule has 0 unspecified atom stereocenters. The second-order valence-corrected chi connectivity index (χ2v) is 10.1. The molecule has 10 nitrogen and oxygen atoms in total. The summed E-state index contributed by atoms with van der Waals surface area (Å²) >= 11 is 11.9. The quantitative estimate of drug-likeness (QED) is 0.180. The van der Waals surface area contributed by atoms with Gasteiger partial charge in [0.25, 0.3) is 0 Å². The van der Waals surface area contributed by atoms with Gasteiger partial charge in [0.15, 0.2) is 0 Å². The topological polar surface area (TPSA) is 125 Å². The first-order valence-electron chi connectivity index (χ1n) is 12.8. The summed E-state index contributed by atoms with van der Waals surface area (Å²) in [5, 5.41) is 20.2. The normalized spacial score (nSPS) is 10.3. The van der Waals surface area contributed by atoms with Gasteiger partial charge in [-0.25, -0.2) is 9.59 Å². The van der Waals surface area contributed by atoms with Gasteiger partial charge < -0.3 is 9.84 Å². The number of fused-ring (bicyclic) bond motifs is 2. The molecule has 0 saturated heterocycles. The van der Waals surface area contributed by atoms with Gasteiger partial charge in [0.1, 0.15) is 0 Å². The molecule has 0 atom stereocenters. The third-order valence-corrected chi connectivity index (χ3v) is 6.55. The molecule has 0 bridgehead atoms. The minimum absolute atomic E-state index is 0. The van der Waals surface area contributed by atoms with Gasteiger partial charge in [-0.15, -0.1) is 0 Å². The van der Waals surface area contributed by atoms with E-state index in [-0.39, 0.29) is 26.4 Å². The van der Waals surface area contributed by atoms with Crippen LogP contribution < -0.4 is 0 Å². The monoisotopic (exact) mass is 634 g/mol. The molecule has 0 fully saturated rings. The Labute approximate surface area is 264 Å². The van der Waals surface area contributed by atoms with Crippen LogP contribution in [0.1, 0.15) is 53.6 Å². The molecular formula is C32H32Cl2N6O4. The van der Waals surface area contributed by atoms with E-state index < -0.39 is 5.97 Å². The lowest BCUT2D eigenvalue weighted by Gasteiger charge is -2.04. The summed E-state index contributed by atoms with van der Waals surface area (Å²) in [7, 11) is 0. The van der Waals surface area contributed by atoms with Crippen molar-refractivity contribution in [1.29, 1.82) is 0 Å². The van der Waals surface area contributed by atoms with Crippen LogP contribution >= 0.6 is 23.2 Å². The SMILES string of the molecule is C.C.CCOC(=O)c1cnn(Cc2ccc3ncc(Cl)cc3c2)c1.O=C(O)c1cnn(Cc2ccc3ncc(Cl)cc3c2)c1. The van der Waals surface area contributed by atoms with Crippen LogP contribution in [-0.2, 0) is 17.8 Å². The first-order chi connectivity index (χ1) is 20.3. The number of carbonyl (C=O) groups is 2. The highest BCUT2D eigenvalue weighted by Gasteiger charge is 2.10. The Kier molecular flexibility index (Phi) is 11.6. The Morgan fingerprint density at radius 2 is 1.23 bits per heavy atom. The van der Waals surface area contributed by atoms with Crippen molar-refractivity contribution in [2.45, 2.75) is 34.9 Å². The predicted molar refractivity (Wildman–Crippen MR) is 173 cm³/mol. The Hall–Kier alpha value is -4.80. The fourth-order valence-corrected chi connectivity index (χ4v) is 4.54. The summed E-state index contributed by atoms with van der Waals surface area (Å²) < 4.78 is 8.23. The van der Waals surface area contributed by atoms with Crippen LogP contribution in [0, 0.1) is 0 Å². The number of rotatable bonds is 7. The molecule has 4 heterocycles. The van der Waals surface area contributed by atoms with E-state index in [1.165, 1.54) is 18.6 Å². The number of benzene rings is 2. The largest absolute Gasteiger partial charge is 0.478 e. The van der Waals surface area contributed by atoms with E-state index in [9.17, 15) is 9.59 Å². The molecule has 0 radical (unpaired) electrons. The Morgan fingerprint density at radius 1 is 0.750 bits per heavy atom. The Morgan fingerprint density at radius 3 is 1.68 bits per heavy atom. The number of carboxylic acids is 1. The Balaban J connectivity index is 0.000000231. The lowest BCUT2D eigenvalue weighted by molar-refractivity contribution is 0.0525. The van der Waals surface area contributed by atoms with E-state index in [0.29, 0.717) is 35.3 Å². The minimum Gasteiger partial charge on any atom is -0.478 e. The van der Waals surface area contributed by atoms with Crippen LogP contribution in [0.25, 0.3) is 21.8 Å². The maximum absolute atomic E-state index is 11.6. The Bertz CT molecular complexity index is 1900. The predicted octanol–water partition coefficient (Wildman–Crippen LogP) is 7.41. The molecule has 0 saturated carbocycles. The lowest BCUT2D eigenvalue weighted by atomic mass is 10.1. The van der Waals surface area contributed by atoms with Gasteiger partial charge in [0.05, 0.1) is 64.3 Å². The van der Waals surface area contributed by atoms with Crippen molar-refractivity contribution in [2.24, 2.45) is 0 Å². The number of carboxylic acid groups (broad SMARTS) is 1. The molecule has 228 valence electrons. The molecule has 2 aromatic carbocycles. The summed E-state index contributed by atoms with van der Waals surface area (Å²) in [4.78, 5) is 30.9. The molecule has 12 heteroatoms. The van der Waals surface area contributed by atoms with Crippen molar-refractivity contribution in [2.75, 3.05) is 6.61 Å². The average Bonchev–Trinajstić information content (AvgIpc) is 3.63. The highest BCUT2D eigenvalue weighted by molar-refractivity contribution is 6.31. The van der Waals surface area contributed by atoms with Crippen molar-refractivity contribution in [3.63, 3.8) is 0 Å². The van der Waals surface area contributed by atoms with Crippen molar-refractivity contribution in [3.05, 3.63) is 118 Å². The number of halogens is 2. The van der Waals surface area contributed by atoms with E-state index in [0.717, 1.165) is 32.9 Å². The fraction of sp³-hybridized carbons (Fsp3) is 0.188. The number of esters is 1. The van der Waals surface area contributed by atoms with Gasteiger partial charge >= 0.3 is 11.9 Å². The summed E-state index contributed by atoms with van der Waals surface area (Å²) in [5.41, 5.74) is 4.44. The van der Waals surface area contributed by atoms with Crippen LogP contribution in [-0.4, -0.2) is 53.2 Å². The number of pyridine rings is 2. The maximum atomic E-state index is 11.6. The minimum atomic E-state index is -0.981. The van der Waals surface area contributed by atoms with E-state index in [2.05, 4.69) is 20.2 Å². The van der Waals surface area contributed by atoms with Gasteiger partial charge in [-0.2, -0.15) is 10.2 Å². The van der Waals surface area contributed by atoms with Crippen LogP contribution in [0.4, 0.5) is 0 Å². The van der Waals surface area contributed by atoms with Crippen LogP contribution in [0.15, 0.2) is 85.7 Å². The number of nitrogens with zero attached hydrogens (tertiary/aromatic N) is 6. The molecule has 44 heavy (non-hydrogen) atoms. The molecule has 6 rings (SSSR count). The van der Waals surface area contributed by atoms with Gasteiger partial charge in [-0.05, 0) is 54.4 Å². The summed E-state index contributed by atoms with van der Waals surface area (Å²) in [6.45, 7) is 3.18. The third-order valence-electron chi connectivity index (χ3n) is 6.14. The zero-order valence-corrected chi connectivity index (χ0v) is 23.8. The number of aromatic carboxylic acids is 1. The van der Waals surface area contributed by atoms with Crippen LogP contribution in [0.5, 0.6) is 0 Å². The first-order valence-corrected chi connectivity index (χ1v) is 13.6. The maximum Gasteiger partial charge on any atom is 0.341 e. The van der Waals surface area contributed by atoms with Crippen molar-refractivity contribution in [1.82, 2.24) is 29.5 Å². The van der Waals surface area contributed by atoms with Crippen molar-refractivity contribution < 1.29 is 19.4 Å². The number of carbonyl (C=O) groups excluding carboxylic acids is 1. The molecule has 0 aliphatic heterocycles. The standard InChI is InChI=1S/C16H14ClN3O2.C14H10ClN3O2.2CH4/c1-2-22-16(21)13-7-19-20(10-13)9-11-3-4-15-12(5-11)6-14(17)8-18-15;15-12-4-10-3-9(1-2-13(10)16-6-12)7-18-8-11(5-17-18)14(19)20;;/h3-8,10H,2,9H2,1H3;1-6,8H,7H2,(H,19,20);2*1H4. The lowest BCUT2D eigenvalue weighted by Crippen LogP contribution is -2.04. The molecule has 0 aliphatic rings. The summed E-state index contributed by atoms with van der Waals surface area (Å²) in [6.07, 6.45) is 9.26. The van der Waals surface area contributed by atoms with Gasteiger partial charge in [-0.3, -0.25) is 19.3 Å². The number of hydrogen-bond acceptors (Lipinski definition) is 7. The van der Waals surface area contributed by atoms with Crippen LogP contribution in [0.2, 0.25) is 10.0 Å². The second-order valence-electron chi connectivity index (χ2n) is 9.24. The van der Waals surface area contributed by atoms with E-state index in [4.69, 9.17) is 33.0 Å². The second kappa shape index (κ2) is 15.1. The van der Waals surface area contributed by atoms with Crippen molar-refractivity contribution >= 4 is 56.9 Å². The van der Waals surface area contributed by atoms with E-state index in [1.54, 1.807) is 34.9 Å². The molecule has 1 N–H and O–H groups in total. The average molecular weight is 636 g/mol. The summed E-state index contributed by atoms with van der Waals surface area (Å²) in [6, 6.07) is 15.5. The molecule has 0 amide bonds. The highest BCUT2D eigenvalue weighted by atomic mass is 35.5. The number of ether oxygens (including phenoxy) is 1. The molecule has 6 aromatic rings. The van der Waals surface area contributed by atoms with Gasteiger partial charge in [0.2, 0.25) is 0 Å². The van der Waals surface area contributed by atoms with E-state index >= 15 is 0 Å². The fourth-order valence-electron chi connectivity index (χ4n) is 4.21. The molecule has 0 spiro atoms. The zero-order chi connectivity index (χ0) is 29.6. The molecule has 0 aliphatic carbocycles. The molecular weight excluding hydrogens is 603 g/mol. The highest BCUT2D eigenvalue weighted by Crippen LogP contribution is 2.20. The van der Waals surface area contributed by atoms with Gasteiger partial charge in [0, 0.05) is 35.6 Å². The smallest absolute Gasteiger partial charge is 0.341 e. The number of hydrogen-bond donors (Lipinski definition) is 1. The first kappa shape index (κ1) is 33.7. The van der Waals surface area contributed by atoms with Gasteiger partial charge in [-0.1, -0.05) is 50.2 Å². The van der Waals surface area contributed by atoms with Crippen LogP contribution in [0.3, 0.4) is 0 Å². The number of aromatic nitrogens is 6. The third kappa shape index (κ3) is 8.40. The van der Waals surface area contributed by atoms with E-state index in [1.807, 2.05) is 48.5 Å².